The molecular formula is C27H31N5O3S. The first kappa shape index (κ1) is 24.4. The van der Waals surface area contributed by atoms with Crippen LogP contribution in [0, 0.1) is 6.92 Å². The SMILES string of the molecule is Cc1ccc(-c2ccc(N3CCN(C(=O)CN(CC4CCCO4)C(=O)c4cccs4)CC3)nn2)cc1. The quantitative estimate of drug-likeness (QED) is 0.489. The van der Waals surface area contributed by atoms with E-state index in [1.807, 2.05) is 34.5 Å². The predicted octanol–water partition coefficient (Wildman–Crippen LogP) is 3.48. The zero-order valence-electron chi connectivity index (χ0n) is 20.5. The van der Waals surface area contributed by atoms with E-state index >= 15 is 0 Å². The molecule has 3 aromatic rings. The third kappa shape index (κ3) is 5.74. The van der Waals surface area contributed by atoms with Crippen molar-refractivity contribution in [3.05, 3.63) is 64.4 Å². The molecule has 2 aliphatic heterocycles. The minimum Gasteiger partial charge on any atom is -0.376 e. The van der Waals surface area contributed by atoms with Crippen LogP contribution in [0.2, 0.25) is 0 Å². The first-order valence-corrected chi connectivity index (χ1v) is 13.3. The van der Waals surface area contributed by atoms with E-state index in [1.165, 1.54) is 16.9 Å². The molecule has 2 aliphatic rings. The molecule has 1 atom stereocenters. The van der Waals surface area contributed by atoms with Crippen molar-refractivity contribution >= 4 is 29.0 Å². The van der Waals surface area contributed by atoms with E-state index in [1.54, 1.807) is 4.90 Å². The first-order valence-electron chi connectivity index (χ1n) is 12.4. The summed E-state index contributed by atoms with van der Waals surface area (Å²) in [5.41, 5.74) is 3.09. The number of anilines is 1. The van der Waals surface area contributed by atoms with Gasteiger partial charge in [-0.2, -0.15) is 0 Å². The first-order chi connectivity index (χ1) is 17.6. The number of amides is 2. The molecular weight excluding hydrogens is 474 g/mol. The molecule has 5 rings (SSSR count). The Morgan fingerprint density at radius 1 is 1.06 bits per heavy atom. The number of aryl methyl sites for hydroxylation is 1. The minimum atomic E-state index is -0.101. The third-order valence-corrected chi connectivity index (χ3v) is 7.61. The summed E-state index contributed by atoms with van der Waals surface area (Å²) in [7, 11) is 0. The summed E-state index contributed by atoms with van der Waals surface area (Å²) in [5.74, 6) is 0.681. The predicted molar refractivity (Wildman–Crippen MR) is 140 cm³/mol. The lowest BCUT2D eigenvalue weighted by Crippen LogP contribution is -2.52. The highest BCUT2D eigenvalue weighted by Gasteiger charge is 2.29. The van der Waals surface area contributed by atoms with Gasteiger partial charge in [-0.05, 0) is 43.3 Å². The molecule has 8 nitrogen and oxygen atoms in total. The van der Waals surface area contributed by atoms with Gasteiger partial charge in [-0.15, -0.1) is 21.5 Å². The largest absolute Gasteiger partial charge is 0.376 e. The Morgan fingerprint density at radius 3 is 2.50 bits per heavy atom. The van der Waals surface area contributed by atoms with E-state index in [0.717, 1.165) is 36.5 Å². The summed E-state index contributed by atoms with van der Waals surface area (Å²) in [6.45, 7) is 5.82. The van der Waals surface area contributed by atoms with Crippen LogP contribution in [0.25, 0.3) is 11.3 Å². The van der Waals surface area contributed by atoms with Crippen molar-refractivity contribution in [2.45, 2.75) is 25.9 Å². The van der Waals surface area contributed by atoms with Crippen LogP contribution >= 0.6 is 11.3 Å². The van der Waals surface area contributed by atoms with Gasteiger partial charge in [0.05, 0.1) is 16.7 Å². The standard InChI is InChI=1S/C27H31N5O3S/c1-20-6-8-21(9-7-20)23-10-11-25(29-28-23)30-12-14-31(15-13-30)26(33)19-32(18-22-4-2-16-35-22)27(34)24-5-3-17-36-24/h3,5-11,17,22H,2,4,12-16,18-19H2,1H3. The van der Waals surface area contributed by atoms with Gasteiger partial charge in [-0.25, -0.2) is 0 Å². The number of rotatable bonds is 7. The number of hydrogen-bond donors (Lipinski definition) is 0. The number of carbonyl (C=O) groups is 2. The molecule has 9 heteroatoms. The highest BCUT2D eigenvalue weighted by Crippen LogP contribution is 2.21. The molecule has 188 valence electrons. The van der Waals surface area contributed by atoms with Crippen LogP contribution in [0.5, 0.6) is 0 Å². The van der Waals surface area contributed by atoms with Crippen molar-refractivity contribution in [3.8, 4) is 11.3 Å². The van der Waals surface area contributed by atoms with Crippen LogP contribution in [0.15, 0.2) is 53.9 Å². The zero-order valence-corrected chi connectivity index (χ0v) is 21.3. The number of hydrogen-bond acceptors (Lipinski definition) is 7. The third-order valence-electron chi connectivity index (χ3n) is 6.75. The fraction of sp³-hybridized carbons (Fsp3) is 0.407. The number of aromatic nitrogens is 2. The maximum absolute atomic E-state index is 13.2. The second-order valence-electron chi connectivity index (χ2n) is 9.31. The van der Waals surface area contributed by atoms with Crippen LogP contribution < -0.4 is 4.90 Å². The second-order valence-corrected chi connectivity index (χ2v) is 10.3. The Balaban J connectivity index is 1.17. The molecule has 36 heavy (non-hydrogen) atoms. The number of carbonyl (C=O) groups excluding carboxylic acids is 2. The minimum absolute atomic E-state index is 0.0000140. The lowest BCUT2D eigenvalue weighted by atomic mass is 10.1. The Hall–Kier alpha value is -3.30. The van der Waals surface area contributed by atoms with Crippen molar-refractivity contribution in [1.82, 2.24) is 20.0 Å². The van der Waals surface area contributed by atoms with E-state index < -0.39 is 0 Å². The van der Waals surface area contributed by atoms with Crippen molar-refractivity contribution < 1.29 is 14.3 Å². The van der Waals surface area contributed by atoms with Crippen LogP contribution in [-0.2, 0) is 9.53 Å². The number of benzene rings is 1. The molecule has 0 radical (unpaired) electrons. The normalized spacial score (nSPS) is 17.9. The molecule has 0 saturated carbocycles. The maximum Gasteiger partial charge on any atom is 0.264 e. The monoisotopic (exact) mass is 505 g/mol. The average molecular weight is 506 g/mol. The van der Waals surface area contributed by atoms with E-state index in [-0.39, 0.29) is 24.5 Å². The highest BCUT2D eigenvalue weighted by atomic mass is 32.1. The second kappa shape index (κ2) is 11.2. The molecule has 0 bridgehead atoms. The van der Waals surface area contributed by atoms with Crippen LogP contribution in [0.3, 0.4) is 0 Å². The van der Waals surface area contributed by atoms with E-state index in [0.29, 0.717) is 37.6 Å². The fourth-order valence-corrected chi connectivity index (χ4v) is 5.32. The van der Waals surface area contributed by atoms with Gasteiger partial charge in [0.2, 0.25) is 5.91 Å². The van der Waals surface area contributed by atoms with Crippen molar-refractivity contribution in [1.29, 1.82) is 0 Å². The molecule has 0 spiro atoms. The summed E-state index contributed by atoms with van der Waals surface area (Å²) < 4.78 is 5.75. The van der Waals surface area contributed by atoms with Gasteiger partial charge in [0, 0.05) is 44.9 Å². The van der Waals surface area contributed by atoms with Crippen LogP contribution in [0.4, 0.5) is 5.82 Å². The Kier molecular flexibility index (Phi) is 7.58. The van der Waals surface area contributed by atoms with Crippen molar-refractivity contribution in [3.63, 3.8) is 0 Å². The summed E-state index contributed by atoms with van der Waals surface area (Å²) in [6, 6.07) is 15.9. The molecule has 2 fully saturated rings. The van der Waals surface area contributed by atoms with E-state index in [2.05, 4.69) is 46.3 Å². The molecule has 1 unspecified atom stereocenters. The van der Waals surface area contributed by atoms with Gasteiger partial charge in [0.15, 0.2) is 5.82 Å². The number of ether oxygens (including phenoxy) is 1. The zero-order chi connectivity index (χ0) is 24.9. The van der Waals surface area contributed by atoms with Crippen molar-refractivity contribution in [2.75, 3.05) is 50.8 Å². The molecule has 4 heterocycles. The summed E-state index contributed by atoms with van der Waals surface area (Å²) in [6.07, 6.45) is 1.92. The molecule has 2 saturated heterocycles. The molecule has 0 N–H and O–H groups in total. The smallest absolute Gasteiger partial charge is 0.264 e. The number of nitrogens with zero attached hydrogens (tertiary/aromatic N) is 5. The van der Waals surface area contributed by atoms with Crippen LogP contribution in [-0.4, -0.2) is 83.8 Å². The van der Waals surface area contributed by atoms with E-state index in [9.17, 15) is 9.59 Å². The van der Waals surface area contributed by atoms with Gasteiger partial charge in [-0.1, -0.05) is 35.9 Å². The van der Waals surface area contributed by atoms with Gasteiger partial charge in [-0.3, -0.25) is 9.59 Å². The maximum atomic E-state index is 13.2. The number of piperazine rings is 1. The van der Waals surface area contributed by atoms with Gasteiger partial charge < -0.3 is 19.4 Å². The summed E-state index contributed by atoms with van der Waals surface area (Å²) in [4.78, 5) is 32.6. The van der Waals surface area contributed by atoms with Gasteiger partial charge in [0.1, 0.15) is 6.54 Å². The van der Waals surface area contributed by atoms with Gasteiger partial charge in [0.25, 0.3) is 5.91 Å². The topological polar surface area (TPSA) is 78.9 Å². The Bertz CT molecular complexity index is 1150. The van der Waals surface area contributed by atoms with Gasteiger partial charge >= 0.3 is 0 Å². The lowest BCUT2D eigenvalue weighted by Gasteiger charge is -2.36. The fourth-order valence-electron chi connectivity index (χ4n) is 4.63. The average Bonchev–Trinajstić information content (AvgIpc) is 3.63. The van der Waals surface area contributed by atoms with Crippen molar-refractivity contribution in [2.24, 2.45) is 0 Å². The Morgan fingerprint density at radius 2 is 1.86 bits per heavy atom. The molecule has 1 aromatic carbocycles. The summed E-state index contributed by atoms with van der Waals surface area (Å²) in [5, 5.41) is 10.7. The molecule has 2 aromatic heterocycles. The van der Waals surface area contributed by atoms with Crippen LogP contribution in [0.1, 0.15) is 28.1 Å². The Labute approximate surface area is 215 Å². The molecule has 0 aliphatic carbocycles. The summed E-state index contributed by atoms with van der Waals surface area (Å²) >= 11 is 1.40. The highest BCUT2D eigenvalue weighted by molar-refractivity contribution is 7.12. The van der Waals surface area contributed by atoms with E-state index in [4.69, 9.17) is 4.74 Å². The lowest BCUT2D eigenvalue weighted by molar-refractivity contribution is -0.132. The number of thiophene rings is 1. The molecule has 2 amide bonds.